The molecular formula is C31H30FN7O4S. The highest BCUT2D eigenvalue weighted by Gasteiger charge is 2.51. The summed E-state index contributed by atoms with van der Waals surface area (Å²) in [5.41, 5.74) is 4.28. The largest absolute Gasteiger partial charge is 0.508 e. The lowest BCUT2D eigenvalue weighted by Crippen LogP contribution is -2.76. The predicted octanol–water partition coefficient (Wildman–Crippen LogP) is 3.27. The monoisotopic (exact) mass is 615 g/mol. The Kier molecular flexibility index (Phi) is 8.22. The van der Waals surface area contributed by atoms with Gasteiger partial charge in [0.15, 0.2) is 0 Å². The Morgan fingerprint density at radius 2 is 1.89 bits per heavy atom. The first-order valence-electron chi connectivity index (χ1n) is 14.0. The number of phenolic OH excluding ortho intramolecular Hbond substituents is 1. The molecule has 2 saturated heterocycles. The molecule has 2 aliphatic rings. The Bertz CT molecular complexity index is 1700. The number of hydrogen-bond acceptors (Lipinski definition) is 8. The molecule has 226 valence electrons. The summed E-state index contributed by atoms with van der Waals surface area (Å²) in [6.07, 6.45) is 4.23. The number of amides is 4. The highest BCUT2D eigenvalue weighted by Crippen LogP contribution is 2.31. The smallest absolute Gasteiger partial charge is 0.334 e. The number of carbonyl (C=O) groups excluding carboxylic acids is 3. The van der Waals surface area contributed by atoms with Gasteiger partial charge in [0, 0.05) is 38.4 Å². The third kappa shape index (κ3) is 5.71. The number of thiazole rings is 1. The molecule has 11 nitrogen and oxygen atoms in total. The van der Waals surface area contributed by atoms with Crippen molar-refractivity contribution in [2.75, 3.05) is 19.6 Å². The Hall–Kier alpha value is -4.88. The van der Waals surface area contributed by atoms with Gasteiger partial charge in [0.1, 0.15) is 23.8 Å². The first-order chi connectivity index (χ1) is 21.3. The fourth-order valence-corrected chi connectivity index (χ4v) is 6.50. The summed E-state index contributed by atoms with van der Waals surface area (Å²) in [6.45, 7) is 4.28. The van der Waals surface area contributed by atoms with E-state index in [1.165, 1.54) is 39.4 Å². The molecule has 0 spiro atoms. The number of phenols is 1. The number of aromatic nitrogens is 2. The number of hydrogen-bond donors (Lipinski definition) is 2. The molecule has 0 radical (unpaired) electrons. The maximum absolute atomic E-state index is 14.5. The van der Waals surface area contributed by atoms with Crippen molar-refractivity contribution in [3.8, 4) is 5.75 Å². The molecule has 4 amide bonds. The number of nitrogens with one attached hydrogen (secondary N) is 1. The standard InChI is InChI=1S/C31H30FN7O4S/c1-2-13-37-18-27(41)38-25(14-20-3-6-23(40)7-4-20)30(42)36(16-22-5-8-24(32)29-28(22)35-19-44-29)17-26(38)39(37)31(43)34-15-21-9-11-33-12-10-21/h2-12,19,25-26,40H,1,13-18H2,(H,34,43)/t25-,26-/m0/s1. The van der Waals surface area contributed by atoms with Crippen LogP contribution in [0.1, 0.15) is 16.7 Å². The fourth-order valence-electron chi connectivity index (χ4n) is 5.76. The van der Waals surface area contributed by atoms with E-state index < -0.39 is 18.2 Å². The summed E-state index contributed by atoms with van der Waals surface area (Å²) in [7, 11) is 0. The minimum absolute atomic E-state index is 0.0238. The van der Waals surface area contributed by atoms with Crippen molar-refractivity contribution in [3.63, 3.8) is 0 Å². The van der Waals surface area contributed by atoms with Crippen LogP contribution in [0, 0.1) is 5.82 Å². The molecule has 0 saturated carbocycles. The van der Waals surface area contributed by atoms with E-state index in [0.29, 0.717) is 15.8 Å². The first-order valence-corrected chi connectivity index (χ1v) is 14.9. The molecule has 4 heterocycles. The zero-order valence-electron chi connectivity index (χ0n) is 23.7. The molecule has 6 rings (SSSR count). The molecule has 2 N–H and O–H groups in total. The molecule has 0 bridgehead atoms. The van der Waals surface area contributed by atoms with Gasteiger partial charge < -0.3 is 20.2 Å². The van der Waals surface area contributed by atoms with Crippen molar-refractivity contribution in [3.05, 3.63) is 102 Å². The van der Waals surface area contributed by atoms with Gasteiger partial charge in [-0.1, -0.05) is 24.3 Å². The number of piperazine rings is 1. The highest BCUT2D eigenvalue weighted by atomic mass is 32.1. The average Bonchev–Trinajstić information content (AvgIpc) is 3.52. The van der Waals surface area contributed by atoms with E-state index in [1.807, 2.05) is 0 Å². The van der Waals surface area contributed by atoms with Crippen molar-refractivity contribution in [1.82, 2.24) is 35.1 Å². The second-order valence-corrected chi connectivity index (χ2v) is 11.5. The number of nitrogens with zero attached hydrogens (tertiary/aromatic N) is 6. The maximum atomic E-state index is 14.5. The van der Waals surface area contributed by atoms with Crippen LogP contribution in [0.4, 0.5) is 9.18 Å². The van der Waals surface area contributed by atoms with Gasteiger partial charge >= 0.3 is 6.03 Å². The molecule has 44 heavy (non-hydrogen) atoms. The predicted molar refractivity (Wildman–Crippen MR) is 161 cm³/mol. The van der Waals surface area contributed by atoms with Gasteiger partial charge in [-0.15, -0.1) is 17.9 Å². The number of pyridine rings is 1. The topological polar surface area (TPSA) is 122 Å². The quantitative estimate of drug-likeness (QED) is 0.292. The van der Waals surface area contributed by atoms with Crippen LogP contribution in [-0.2, 0) is 29.1 Å². The molecular weight excluding hydrogens is 585 g/mol. The lowest BCUT2D eigenvalue weighted by atomic mass is 9.98. The van der Waals surface area contributed by atoms with Crippen LogP contribution in [0.5, 0.6) is 5.75 Å². The molecule has 13 heteroatoms. The molecule has 4 aromatic rings. The van der Waals surface area contributed by atoms with Crippen LogP contribution < -0.4 is 5.32 Å². The summed E-state index contributed by atoms with van der Waals surface area (Å²) < 4.78 is 14.9. The van der Waals surface area contributed by atoms with Crippen LogP contribution in [-0.4, -0.2) is 84.6 Å². The Balaban J connectivity index is 1.37. The average molecular weight is 616 g/mol. The third-order valence-electron chi connectivity index (χ3n) is 7.82. The van der Waals surface area contributed by atoms with Gasteiger partial charge in [0.2, 0.25) is 11.8 Å². The van der Waals surface area contributed by atoms with Crippen molar-refractivity contribution < 1.29 is 23.9 Å². The van der Waals surface area contributed by atoms with E-state index in [4.69, 9.17) is 0 Å². The molecule has 2 fully saturated rings. The van der Waals surface area contributed by atoms with E-state index in [2.05, 4.69) is 21.9 Å². The zero-order chi connectivity index (χ0) is 30.8. The molecule has 2 aromatic heterocycles. The molecule has 2 aliphatic heterocycles. The SMILES string of the molecule is C=CCN1CC(=O)N2[C@@H](Cc3ccc(O)cc3)C(=O)N(Cc3ccc(F)c4scnc34)C[C@@H]2N1C(=O)NCc1ccncc1. The Labute approximate surface area is 256 Å². The number of benzene rings is 2. The van der Waals surface area contributed by atoms with Gasteiger partial charge in [0.05, 0.1) is 28.8 Å². The van der Waals surface area contributed by atoms with Gasteiger partial charge in [-0.05, 0) is 47.0 Å². The molecule has 0 aliphatic carbocycles. The minimum Gasteiger partial charge on any atom is -0.508 e. The summed E-state index contributed by atoms with van der Waals surface area (Å²) in [4.78, 5) is 53.2. The van der Waals surface area contributed by atoms with Gasteiger partial charge in [-0.3, -0.25) is 14.6 Å². The van der Waals surface area contributed by atoms with E-state index in [9.17, 15) is 23.9 Å². The third-order valence-corrected chi connectivity index (χ3v) is 8.65. The number of fused-ring (bicyclic) bond motifs is 2. The second kappa shape index (κ2) is 12.4. The van der Waals surface area contributed by atoms with E-state index in [1.54, 1.807) is 64.2 Å². The highest BCUT2D eigenvalue weighted by molar-refractivity contribution is 7.16. The number of rotatable bonds is 8. The molecule has 0 unspecified atom stereocenters. The van der Waals surface area contributed by atoms with Crippen molar-refractivity contribution in [2.24, 2.45) is 0 Å². The first kappa shape index (κ1) is 29.2. The van der Waals surface area contributed by atoms with Crippen LogP contribution in [0.3, 0.4) is 0 Å². The molecule has 2 aromatic carbocycles. The van der Waals surface area contributed by atoms with Crippen LogP contribution in [0.15, 0.2) is 79.1 Å². The number of carbonyl (C=O) groups is 3. The number of hydrazine groups is 1. The molecule has 2 atom stereocenters. The van der Waals surface area contributed by atoms with Crippen LogP contribution >= 0.6 is 11.3 Å². The Morgan fingerprint density at radius 3 is 2.64 bits per heavy atom. The second-order valence-electron chi connectivity index (χ2n) is 10.6. The van der Waals surface area contributed by atoms with Crippen molar-refractivity contribution in [2.45, 2.75) is 31.7 Å². The van der Waals surface area contributed by atoms with Crippen LogP contribution in [0.25, 0.3) is 10.2 Å². The van der Waals surface area contributed by atoms with Gasteiger partial charge in [-0.2, -0.15) is 0 Å². The van der Waals surface area contributed by atoms with E-state index >= 15 is 0 Å². The Morgan fingerprint density at radius 1 is 1.11 bits per heavy atom. The minimum atomic E-state index is -0.932. The van der Waals surface area contributed by atoms with Gasteiger partial charge in [0.25, 0.3) is 0 Å². The van der Waals surface area contributed by atoms with Crippen molar-refractivity contribution in [1.29, 1.82) is 0 Å². The summed E-state index contributed by atoms with van der Waals surface area (Å²) >= 11 is 1.18. The summed E-state index contributed by atoms with van der Waals surface area (Å²) in [6, 6.07) is 11.6. The lowest BCUT2D eigenvalue weighted by Gasteiger charge is -2.55. The zero-order valence-corrected chi connectivity index (χ0v) is 24.5. The number of urea groups is 1. The summed E-state index contributed by atoms with van der Waals surface area (Å²) in [5, 5.41) is 15.9. The number of halogens is 1. The maximum Gasteiger partial charge on any atom is 0.334 e. The van der Waals surface area contributed by atoms with E-state index in [0.717, 1.165) is 11.1 Å². The van der Waals surface area contributed by atoms with Gasteiger partial charge in [-0.25, -0.2) is 24.2 Å². The van der Waals surface area contributed by atoms with Crippen molar-refractivity contribution >= 4 is 39.4 Å². The van der Waals surface area contributed by atoms with Crippen LogP contribution in [0.2, 0.25) is 0 Å². The number of aromatic hydroxyl groups is 1. The van der Waals surface area contributed by atoms with E-state index in [-0.39, 0.29) is 62.5 Å². The lowest BCUT2D eigenvalue weighted by molar-refractivity contribution is -0.189. The normalized spacial score (nSPS) is 18.9. The fraction of sp³-hybridized carbons (Fsp3) is 0.258. The summed E-state index contributed by atoms with van der Waals surface area (Å²) in [5.74, 6) is -0.902.